The molecule has 0 bridgehead atoms. The largest absolute Gasteiger partial charge is 0.463 e. The average molecular weight is 927 g/mol. The van der Waals surface area contributed by atoms with Gasteiger partial charge in [-0.05, 0) is 16.7 Å². The molecule has 2 heterocycles. The van der Waals surface area contributed by atoms with Crippen LogP contribution in [0.5, 0.6) is 0 Å². The SMILES string of the molecule is CO[C@H]1O[C@H](CO[C@H]2O[C@H](COC(C)=O)[C@@H](OC(C)=O)[C@H](OC(C)=O)[C@H]2NC(=O)OCC(Cl)(Cl)Cl)[C@@H](OCc2ccccc2)[C@H](OCc2ccccc2)[C@H]1OCc1ccccc1. The summed E-state index contributed by atoms with van der Waals surface area (Å²) in [7, 11) is 1.46. The van der Waals surface area contributed by atoms with Crippen LogP contribution < -0.4 is 5.32 Å². The van der Waals surface area contributed by atoms with E-state index in [1.165, 1.54) is 14.0 Å². The monoisotopic (exact) mass is 925 g/mol. The summed E-state index contributed by atoms with van der Waals surface area (Å²) in [5.41, 5.74) is 2.63. The van der Waals surface area contributed by atoms with Crippen LogP contribution in [0.15, 0.2) is 91.0 Å². The van der Waals surface area contributed by atoms with Crippen molar-refractivity contribution < 1.29 is 71.3 Å². The zero-order valence-electron chi connectivity index (χ0n) is 34.4. The van der Waals surface area contributed by atoms with Gasteiger partial charge in [-0.3, -0.25) is 14.4 Å². The molecule has 3 aromatic carbocycles. The van der Waals surface area contributed by atoms with E-state index in [-0.39, 0.29) is 26.4 Å². The van der Waals surface area contributed by atoms with Crippen LogP contribution in [0, 0.1) is 0 Å². The van der Waals surface area contributed by atoms with E-state index in [9.17, 15) is 19.2 Å². The van der Waals surface area contributed by atoms with Gasteiger partial charge in [0.25, 0.3) is 0 Å². The summed E-state index contributed by atoms with van der Waals surface area (Å²) in [4.78, 5) is 50.2. The Bertz CT molecular complexity index is 1860. The number of benzene rings is 3. The smallest absolute Gasteiger partial charge is 0.407 e. The summed E-state index contributed by atoms with van der Waals surface area (Å²) >= 11 is 17.5. The lowest BCUT2D eigenvalue weighted by molar-refractivity contribution is -0.335. The predicted molar refractivity (Wildman–Crippen MR) is 222 cm³/mol. The number of carbonyl (C=O) groups is 4. The van der Waals surface area contributed by atoms with E-state index in [0.29, 0.717) is 0 Å². The van der Waals surface area contributed by atoms with Crippen LogP contribution in [0.25, 0.3) is 0 Å². The predicted octanol–water partition coefficient (Wildman–Crippen LogP) is 5.75. The number of hydrogen-bond acceptors (Lipinski definition) is 15. The van der Waals surface area contributed by atoms with Gasteiger partial charge in [-0.25, -0.2) is 4.79 Å². The summed E-state index contributed by atoms with van der Waals surface area (Å²) in [6, 6.07) is 27.1. The van der Waals surface area contributed by atoms with Crippen LogP contribution in [0.3, 0.4) is 0 Å². The van der Waals surface area contributed by atoms with Crippen LogP contribution >= 0.6 is 34.8 Å². The number of nitrogens with one attached hydrogen (secondary N) is 1. The third-order valence-corrected chi connectivity index (χ3v) is 9.78. The van der Waals surface area contributed by atoms with Crippen molar-refractivity contribution >= 4 is 58.8 Å². The minimum absolute atomic E-state index is 0.127. The molecule has 10 atom stereocenters. The van der Waals surface area contributed by atoms with E-state index in [4.69, 9.17) is 86.9 Å². The first-order valence-corrected chi connectivity index (χ1v) is 20.7. The fraction of sp³-hybridized carbons (Fsp3) is 0.488. The van der Waals surface area contributed by atoms with Crippen molar-refractivity contribution in [2.75, 3.05) is 26.9 Å². The molecule has 1 N–H and O–H groups in total. The van der Waals surface area contributed by atoms with Crippen molar-refractivity contribution in [3.05, 3.63) is 108 Å². The number of rotatable bonds is 19. The lowest BCUT2D eigenvalue weighted by atomic mass is 9.95. The van der Waals surface area contributed by atoms with E-state index in [0.717, 1.165) is 30.5 Å². The molecule has 2 saturated heterocycles. The fourth-order valence-electron chi connectivity index (χ4n) is 6.78. The molecule has 2 aliphatic heterocycles. The van der Waals surface area contributed by atoms with Crippen molar-refractivity contribution in [1.82, 2.24) is 5.32 Å². The van der Waals surface area contributed by atoms with Crippen LogP contribution in [0.4, 0.5) is 4.79 Å². The zero-order chi connectivity index (χ0) is 44.6. The molecule has 0 aromatic heterocycles. The molecule has 5 rings (SSSR count). The van der Waals surface area contributed by atoms with Gasteiger partial charge in [-0.15, -0.1) is 0 Å². The summed E-state index contributed by atoms with van der Waals surface area (Å²) in [6.45, 7) is 2.39. The van der Waals surface area contributed by atoms with E-state index >= 15 is 0 Å². The van der Waals surface area contributed by atoms with E-state index in [2.05, 4.69) is 5.32 Å². The van der Waals surface area contributed by atoms with E-state index < -0.39 is 102 Å². The maximum Gasteiger partial charge on any atom is 0.407 e. The number of alkyl carbamates (subject to hydrolysis) is 1. The number of halogens is 3. The normalized spacial score (nSPS) is 26.2. The molecule has 2 aliphatic rings. The van der Waals surface area contributed by atoms with Gasteiger partial charge in [-0.1, -0.05) is 126 Å². The third-order valence-electron chi connectivity index (χ3n) is 9.46. The first-order chi connectivity index (χ1) is 29.7. The molecule has 19 heteroatoms. The summed E-state index contributed by atoms with van der Waals surface area (Å²) < 4.78 is 64.6. The maximum atomic E-state index is 13.2. The molecule has 0 unspecified atom stereocenters. The molecule has 338 valence electrons. The Morgan fingerprint density at radius 3 is 1.52 bits per heavy atom. The molecule has 3 aromatic rings. The highest BCUT2D eigenvalue weighted by atomic mass is 35.6. The van der Waals surface area contributed by atoms with Gasteiger partial charge in [0.15, 0.2) is 24.8 Å². The molecule has 0 saturated carbocycles. The van der Waals surface area contributed by atoms with Crippen molar-refractivity contribution in [1.29, 1.82) is 0 Å². The summed E-state index contributed by atoms with van der Waals surface area (Å²) in [6.07, 6.45) is -11.5. The third kappa shape index (κ3) is 15.3. The van der Waals surface area contributed by atoms with Crippen LogP contribution in [-0.2, 0) is 86.3 Å². The van der Waals surface area contributed by atoms with Gasteiger partial charge in [0, 0.05) is 27.9 Å². The Morgan fingerprint density at radius 1 is 0.565 bits per heavy atom. The fourth-order valence-corrected chi connectivity index (χ4v) is 6.95. The minimum Gasteiger partial charge on any atom is -0.463 e. The molecule has 0 spiro atoms. The lowest BCUT2D eigenvalue weighted by Crippen LogP contribution is -2.67. The number of methoxy groups -OCH3 is 1. The number of amides is 1. The van der Waals surface area contributed by atoms with Gasteiger partial charge in [-0.2, -0.15) is 0 Å². The Kier molecular flexibility index (Phi) is 19.0. The highest BCUT2D eigenvalue weighted by Crippen LogP contribution is 2.34. The number of alkyl halides is 3. The molecule has 0 aliphatic carbocycles. The summed E-state index contributed by atoms with van der Waals surface area (Å²) in [5.74, 6) is -2.31. The molecule has 0 radical (unpaired) electrons. The Balaban J connectivity index is 1.51. The van der Waals surface area contributed by atoms with Gasteiger partial charge < -0.3 is 57.4 Å². The number of carbonyl (C=O) groups excluding carboxylic acids is 4. The highest BCUT2D eigenvalue weighted by molar-refractivity contribution is 6.67. The Hall–Kier alpha value is -4.07. The van der Waals surface area contributed by atoms with Gasteiger partial charge in [0.05, 0.1) is 26.4 Å². The molecular weight excluding hydrogens is 877 g/mol. The maximum absolute atomic E-state index is 13.2. The second-order valence-corrected chi connectivity index (χ2v) is 16.8. The second-order valence-electron chi connectivity index (χ2n) is 14.3. The van der Waals surface area contributed by atoms with E-state index in [1.807, 2.05) is 91.0 Å². The minimum atomic E-state index is -1.98. The molecular formula is C43H50Cl3NO15. The molecule has 2 fully saturated rings. The number of hydrogen-bond donors (Lipinski definition) is 1. The van der Waals surface area contributed by atoms with Crippen LogP contribution in [0.1, 0.15) is 37.5 Å². The molecule has 1 amide bonds. The van der Waals surface area contributed by atoms with E-state index in [1.54, 1.807) is 0 Å². The van der Waals surface area contributed by atoms with Crippen molar-refractivity contribution in [3.8, 4) is 0 Å². The standard InChI is InChI=1S/C43H50Cl3NO15/c1-26(48)53-23-33-36(59-27(2)49)37(60-28(3)50)34(47-42(51)58-25-43(44,45)46)40(61-33)57-24-32-35(54-20-29-14-8-5-9-15-29)38(55-21-30-16-10-6-11-17-30)39(41(52-4)62-32)56-22-31-18-12-7-13-19-31/h5-19,32-41H,20-25H2,1-4H3,(H,47,51)/t32-,33-,34-,35-,36-,37-,38+,39-,40+,41+/m1/s1. The van der Waals surface area contributed by atoms with Crippen LogP contribution in [0.2, 0.25) is 0 Å². The van der Waals surface area contributed by atoms with Crippen molar-refractivity contribution in [3.63, 3.8) is 0 Å². The second kappa shape index (κ2) is 24.1. The van der Waals surface area contributed by atoms with Crippen LogP contribution in [-0.4, -0.2) is 116 Å². The van der Waals surface area contributed by atoms with Gasteiger partial charge in [0.1, 0.15) is 49.8 Å². The topological polar surface area (TPSA) is 182 Å². The number of esters is 3. The lowest BCUT2D eigenvalue weighted by Gasteiger charge is -2.47. The highest BCUT2D eigenvalue weighted by Gasteiger charge is 2.54. The average Bonchev–Trinajstić information content (AvgIpc) is 3.24. The first-order valence-electron chi connectivity index (χ1n) is 19.6. The molecule has 62 heavy (non-hydrogen) atoms. The quantitative estimate of drug-likeness (QED) is 0.0872. The van der Waals surface area contributed by atoms with Gasteiger partial charge >= 0.3 is 24.0 Å². The Morgan fingerprint density at radius 2 is 1.03 bits per heavy atom. The molecule has 16 nitrogen and oxygen atoms in total. The van der Waals surface area contributed by atoms with Crippen molar-refractivity contribution in [2.24, 2.45) is 0 Å². The van der Waals surface area contributed by atoms with Gasteiger partial charge in [0.2, 0.25) is 3.79 Å². The Labute approximate surface area is 374 Å². The van der Waals surface area contributed by atoms with Crippen molar-refractivity contribution in [2.45, 2.75) is 106 Å². The zero-order valence-corrected chi connectivity index (χ0v) is 36.7. The first kappa shape index (κ1) is 49.0. The summed E-state index contributed by atoms with van der Waals surface area (Å²) in [5, 5.41) is 2.53. The number of ether oxygens (including phenoxy) is 11.